The van der Waals surface area contributed by atoms with E-state index in [0.29, 0.717) is 5.75 Å². The lowest BCUT2D eigenvalue weighted by molar-refractivity contribution is 0.0207. The number of nitrogens with zero attached hydrogens (tertiary/aromatic N) is 2. The summed E-state index contributed by atoms with van der Waals surface area (Å²) in [6.45, 7) is 6.18. The quantitative estimate of drug-likeness (QED) is 0.231. The summed E-state index contributed by atoms with van der Waals surface area (Å²) < 4.78 is 13.1. The van der Waals surface area contributed by atoms with Crippen LogP contribution in [0.4, 0.5) is 4.79 Å². The third-order valence-corrected chi connectivity index (χ3v) is 5.63. The zero-order valence-electron chi connectivity index (χ0n) is 19.4. The SMILES string of the molecule is CSCc1nc2ccccc2n1Cc1ccc(-c2ccccc2OC(=O)OC(C)(C)C)cc1. The summed E-state index contributed by atoms with van der Waals surface area (Å²) in [5, 5.41) is 0. The number of hydrogen-bond donors (Lipinski definition) is 0. The Hall–Kier alpha value is -3.25. The number of imidazole rings is 1. The van der Waals surface area contributed by atoms with Crippen LogP contribution in [0.15, 0.2) is 72.8 Å². The van der Waals surface area contributed by atoms with Gasteiger partial charge >= 0.3 is 6.16 Å². The van der Waals surface area contributed by atoms with Crippen molar-refractivity contribution in [3.63, 3.8) is 0 Å². The van der Waals surface area contributed by atoms with Crippen LogP contribution >= 0.6 is 11.8 Å². The third kappa shape index (κ3) is 5.57. The fourth-order valence-corrected chi connectivity index (χ4v) is 4.15. The number of benzene rings is 3. The number of para-hydroxylation sites is 3. The number of rotatable bonds is 6. The molecule has 1 aromatic heterocycles. The maximum atomic E-state index is 12.2. The van der Waals surface area contributed by atoms with Crippen LogP contribution in [-0.4, -0.2) is 27.6 Å². The molecule has 0 saturated heterocycles. The Balaban J connectivity index is 1.58. The van der Waals surface area contributed by atoms with Gasteiger partial charge in [-0.1, -0.05) is 54.6 Å². The average molecular weight is 461 g/mol. The molecule has 0 bridgehead atoms. The molecular formula is C27H28N2O3S. The molecule has 3 aromatic carbocycles. The van der Waals surface area contributed by atoms with Crippen molar-refractivity contribution in [2.75, 3.05) is 6.26 Å². The first-order valence-corrected chi connectivity index (χ1v) is 12.3. The molecule has 0 aliphatic rings. The van der Waals surface area contributed by atoms with E-state index in [1.165, 1.54) is 5.56 Å². The zero-order valence-corrected chi connectivity index (χ0v) is 20.2. The standard InChI is InChI=1S/C27H28N2O3S/c1-27(2,3)32-26(30)31-24-12-8-5-9-21(24)20-15-13-19(14-16-20)17-29-23-11-7-6-10-22(23)28-25(29)18-33-4/h5-16H,17-18H2,1-4H3. The molecule has 5 nitrogen and oxygen atoms in total. The largest absolute Gasteiger partial charge is 0.514 e. The van der Waals surface area contributed by atoms with E-state index in [0.717, 1.165) is 40.3 Å². The molecule has 0 unspecified atom stereocenters. The number of hydrogen-bond acceptors (Lipinski definition) is 5. The van der Waals surface area contributed by atoms with Gasteiger partial charge in [-0.3, -0.25) is 0 Å². The van der Waals surface area contributed by atoms with Crippen LogP contribution in [0.3, 0.4) is 0 Å². The van der Waals surface area contributed by atoms with E-state index in [1.807, 2.05) is 51.1 Å². The van der Waals surface area contributed by atoms with Gasteiger partial charge in [0.1, 0.15) is 17.2 Å². The van der Waals surface area contributed by atoms with Crippen molar-refractivity contribution < 1.29 is 14.3 Å². The molecule has 4 aromatic rings. The van der Waals surface area contributed by atoms with Gasteiger partial charge in [0.15, 0.2) is 0 Å². The highest BCUT2D eigenvalue weighted by Crippen LogP contribution is 2.31. The number of ether oxygens (including phenoxy) is 2. The Labute approximate surface area is 198 Å². The van der Waals surface area contributed by atoms with E-state index in [-0.39, 0.29) is 0 Å². The average Bonchev–Trinajstić information content (AvgIpc) is 3.11. The maximum absolute atomic E-state index is 12.2. The molecule has 0 amide bonds. The van der Waals surface area contributed by atoms with Gasteiger partial charge in [0.05, 0.1) is 16.8 Å². The summed E-state index contributed by atoms with van der Waals surface area (Å²) in [6.07, 6.45) is 1.38. The highest BCUT2D eigenvalue weighted by atomic mass is 32.2. The van der Waals surface area contributed by atoms with Crippen LogP contribution in [0.25, 0.3) is 22.2 Å². The number of carbonyl (C=O) groups is 1. The number of fused-ring (bicyclic) bond motifs is 1. The Morgan fingerprint density at radius 1 is 0.970 bits per heavy atom. The minimum atomic E-state index is -0.708. The molecule has 33 heavy (non-hydrogen) atoms. The molecule has 0 atom stereocenters. The van der Waals surface area contributed by atoms with Crippen molar-refractivity contribution in [1.29, 1.82) is 0 Å². The predicted octanol–water partition coefficient (Wildman–Crippen LogP) is 6.93. The fraction of sp³-hybridized carbons (Fsp3) is 0.259. The minimum absolute atomic E-state index is 0.474. The van der Waals surface area contributed by atoms with Gasteiger partial charge in [-0.05, 0) is 56.4 Å². The molecule has 4 rings (SSSR count). The van der Waals surface area contributed by atoms with E-state index in [1.54, 1.807) is 17.8 Å². The van der Waals surface area contributed by atoms with E-state index in [9.17, 15) is 4.79 Å². The van der Waals surface area contributed by atoms with Crippen molar-refractivity contribution in [3.05, 3.63) is 84.2 Å². The Morgan fingerprint density at radius 2 is 1.67 bits per heavy atom. The van der Waals surface area contributed by atoms with Gasteiger partial charge in [-0.2, -0.15) is 11.8 Å². The van der Waals surface area contributed by atoms with Crippen molar-refractivity contribution in [2.45, 2.75) is 38.7 Å². The molecule has 0 aliphatic carbocycles. The highest BCUT2D eigenvalue weighted by molar-refractivity contribution is 7.97. The third-order valence-electron chi connectivity index (χ3n) is 5.08. The molecule has 0 fully saturated rings. The summed E-state index contributed by atoms with van der Waals surface area (Å²) in [6, 6.07) is 24.1. The van der Waals surface area contributed by atoms with E-state index < -0.39 is 11.8 Å². The van der Waals surface area contributed by atoms with E-state index in [2.05, 4.69) is 47.2 Å². The Kier molecular flexibility index (Phi) is 6.75. The van der Waals surface area contributed by atoms with E-state index >= 15 is 0 Å². The first-order chi connectivity index (χ1) is 15.8. The first-order valence-electron chi connectivity index (χ1n) is 10.9. The van der Waals surface area contributed by atoms with Crippen LogP contribution in [0.1, 0.15) is 32.2 Å². The lowest BCUT2D eigenvalue weighted by atomic mass is 10.0. The molecule has 0 spiro atoms. The van der Waals surface area contributed by atoms with Gasteiger partial charge in [-0.15, -0.1) is 0 Å². The van der Waals surface area contributed by atoms with Crippen molar-refractivity contribution in [2.24, 2.45) is 0 Å². The maximum Gasteiger partial charge on any atom is 0.514 e. The zero-order chi connectivity index (χ0) is 23.4. The van der Waals surface area contributed by atoms with Crippen LogP contribution in [0.2, 0.25) is 0 Å². The van der Waals surface area contributed by atoms with Gasteiger partial charge in [-0.25, -0.2) is 9.78 Å². The second-order valence-electron chi connectivity index (χ2n) is 8.80. The van der Waals surface area contributed by atoms with Gasteiger partial charge in [0.25, 0.3) is 0 Å². The van der Waals surface area contributed by atoms with Crippen LogP contribution in [0, 0.1) is 0 Å². The first kappa shape index (κ1) is 22.9. The number of thioether (sulfide) groups is 1. The van der Waals surface area contributed by atoms with Crippen molar-refractivity contribution >= 4 is 29.0 Å². The summed E-state index contributed by atoms with van der Waals surface area (Å²) >= 11 is 1.77. The molecular weight excluding hydrogens is 432 g/mol. The molecule has 6 heteroatoms. The molecule has 0 saturated carbocycles. The van der Waals surface area contributed by atoms with Crippen molar-refractivity contribution in [3.8, 4) is 16.9 Å². The second-order valence-corrected chi connectivity index (χ2v) is 9.66. The second kappa shape index (κ2) is 9.71. The molecule has 170 valence electrons. The molecule has 1 heterocycles. The lowest BCUT2D eigenvalue weighted by Crippen LogP contribution is -2.26. The summed E-state index contributed by atoms with van der Waals surface area (Å²) in [5.74, 6) is 2.41. The molecule has 0 N–H and O–H groups in total. The van der Waals surface area contributed by atoms with Gasteiger partial charge in [0, 0.05) is 12.1 Å². The van der Waals surface area contributed by atoms with Crippen molar-refractivity contribution in [1.82, 2.24) is 9.55 Å². The topological polar surface area (TPSA) is 53.4 Å². The number of carbonyl (C=O) groups excluding carboxylic acids is 1. The smallest absolute Gasteiger partial charge is 0.428 e. The Bertz CT molecular complexity index is 1260. The molecule has 0 aliphatic heterocycles. The lowest BCUT2D eigenvalue weighted by Gasteiger charge is -2.19. The summed E-state index contributed by atoms with van der Waals surface area (Å²) in [4.78, 5) is 17.0. The number of aromatic nitrogens is 2. The summed E-state index contributed by atoms with van der Waals surface area (Å²) in [5.41, 5.74) is 4.53. The normalized spacial score (nSPS) is 11.5. The molecule has 0 radical (unpaired) electrons. The van der Waals surface area contributed by atoms with E-state index in [4.69, 9.17) is 14.5 Å². The minimum Gasteiger partial charge on any atom is -0.428 e. The Morgan fingerprint density at radius 3 is 2.39 bits per heavy atom. The predicted molar refractivity (Wildman–Crippen MR) is 135 cm³/mol. The highest BCUT2D eigenvalue weighted by Gasteiger charge is 2.19. The fourth-order valence-electron chi connectivity index (χ4n) is 3.67. The summed E-state index contributed by atoms with van der Waals surface area (Å²) in [7, 11) is 0. The van der Waals surface area contributed by atoms with Crippen LogP contribution < -0.4 is 4.74 Å². The van der Waals surface area contributed by atoms with Crippen LogP contribution in [0.5, 0.6) is 5.75 Å². The van der Waals surface area contributed by atoms with Gasteiger partial charge < -0.3 is 14.0 Å². The van der Waals surface area contributed by atoms with Crippen LogP contribution in [-0.2, 0) is 17.0 Å². The van der Waals surface area contributed by atoms with Gasteiger partial charge in [0.2, 0.25) is 0 Å². The monoisotopic (exact) mass is 460 g/mol.